The molecule has 0 saturated heterocycles. The van der Waals surface area contributed by atoms with Gasteiger partial charge in [0.25, 0.3) is 0 Å². The van der Waals surface area contributed by atoms with E-state index in [1.807, 2.05) is 59.3 Å². The minimum absolute atomic E-state index is 0.00713. The number of nitrogens with zero attached hydrogens (tertiary/aromatic N) is 2. The lowest BCUT2D eigenvalue weighted by atomic mass is 9.90. The maximum atomic E-state index is 13.5. The molecule has 326 valence electrons. The average molecular weight is 887 g/mol. The summed E-state index contributed by atoms with van der Waals surface area (Å²) in [5, 5.41) is 30.3. The van der Waals surface area contributed by atoms with E-state index in [0.29, 0.717) is 50.1 Å². The van der Waals surface area contributed by atoms with E-state index < -0.39 is 25.6 Å². The molecule has 0 unspecified atom stereocenters. The molecule has 1 aliphatic rings. The quantitative estimate of drug-likeness (QED) is 0.0521. The summed E-state index contributed by atoms with van der Waals surface area (Å²) in [6.07, 6.45) is 2.91. The third kappa shape index (κ3) is 10.5. The van der Waals surface area contributed by atoms with Crippen LogP contribution in [0.4, 0.5) is 0 Å². The lowest BCUT2D eigenvalue weighted by Gasteiger charge is -2.39. The number of pyridine rings is 1. The Balaban J connectivity index is 0.943. The molecule has 1 atom stereocenters. The van der Waals surface area contributed by atoms with Gasteiger partial charge in [-0.2, -0.15) is 0 Å². The predicted molar refractivity (Wildman–Crippen MR) is 245 cm³/mol. The fourth-order valence-corrected chi connectivity index (χ4v) is 10.9. The summed E-state index contributed by atoms with van der Waals surface area (Å²) in [7, 11) is -0.183. The van der Waals surface area contributed by atoms with Gasteiger partial charge in [-0.25, -0.2) is 9.59 Å². The number of oxazole rings is 1. The van der Waals surface area contributed by atoms with E-state index in [-0.39, 0.29) is 47.4 Å². The molecule has 0 aliphatic heterocycles. The topological polar surface area (TPSA) is 159 Å². The molecule has 1 saturated carbocycles. The van der Waals surface area contributed by atoms with E-state index in [1.165, 1.54) is 28.7 Å². The normalized spacial score (nSPS) is 17.0. The van der Waals surface area contributed by atoms with Gasteiger partial charge in [0.05, 0.1) is 17.1 Å². The Bertz CT molecular complexity index is 2500. The summed E-state index contributed by atoms with van der Waals surface area (Å²) >= 11 is 3.05. The Morgan fingerprint density at radius 2 is 1.69 bits per heavy atom. The van der Waals surface area contributed by atoms with Crippen molar-refractivity contribution in [3.05, 3.63) is 119 Å². The van der Waals surface area contributed by atoms with Crippen LogP contribution >= 0.6 is 22.7 Å². The molecule has 0 radical (unpaired) electrons. The first-order valence-corrected chi connectivity index (χ1v) is 25.7. The van der Waals surface area contributed by atoms with Crippen molar-refractivity contribution in [3.63, 3.8) is 0 Å². The molecular formula is C46H58N4O8S2Si. The molecule has 0 amide bonds. The second-order valence-electron chi connectivity index (χ2n) is 18.0. The number of aromatic hydroxyl groups is 1. The molecule has 4 aromatic heterocycles. The largest absolute Gasteiger partial charge is 0.506 e. The number of aromatic nitrogens is 2. The van der Waals surface area contributed by atoms with Crippen molar-refractivity contribution in [1.82, 2.24) is 19.8 Å². The molecule has 61 heavy (non-hydrogen) atoms. The first-order chi connectivity index (χ1) is 29.0. The summed E-state index contributed by atoms with van der Waals surface area (Å²) in [4.78, 5) is 45.7. The van der Waals surface area contributed by atoms with Gasteiger partial charge in [-0.3, -0.25) is 9.36 Å². The fourth-order valence-electron chi connectivity index (χ4n) is 7.98. The highest BCUT2D eigenvalue weighted by atomic mass is 32.1. The number of nitrogens with one attached hydrogen (secondary N) is 2. The number of thiophene rings is 2. The number of likely N-dealkylation sites (N-methyl/N-ethyl adjacent to an activating group) is 1. The van der Waals surface area contributed by atoms with Gasteiger partial charge in [0.1, 0.15) is 11.9 Å². The van der Waals surface area contributed by atoms with Crippen LogP contribution in [0.25, 0.3) is 22.0 Å². The van der Waals surface area contributed by atoms with E-state index in [0.717, 1.165) is 44.6 Å². The minimum Gasteiger partial charge on any atom is -0.506 e. The Kier molecular flexibility index (Phi) is 13.6. The number of phenols is 1. The molecule has 12 nitrogen and oxygen atoms in total. The van der Waals surface area contributed by atoms with Gasteiger partial charge in [-0.15, -0.1) is 22.7 Å². The number of H-pyrrole nitrogens is 1. The highest BCUT2D eigenvalue weighted by Crippen LogP contribution is 2.41. The number of hydrogen-bond donors (Lipinski definition) is 4. The number of carbonyl (C=O) groups is 1. The number of carbonyl (C=O) groups excluding carboxylic acids is 1. The van der Waals surface area contributed by atoms with Gasteiger partial charge in [0.2, 0.25) is 5.56 Å². The molecule has 7 rings (SSSR count). The van der Waals surface area contributed by atoms with E-state index in [1.54, 1.807) is 16.7 Å². The number of hydrogen-bond acceptors (Lipinski definition) is 12. The van der Waals surface area contributed by atoms with Gasteiger partial charge in [-0.1, -0.05) is 45.0 Å². The monoisotopic (exact) mass is 886 g/mol. The van der Waals surface area contributed by atoms with Crippen molar-refractivity contribution in [1.29, 1.82) is 0 Å². The Labute approximate surface area is 365 Å². The van der Waals surface area contributed by atoms with Crippen LogP contribution < -0.4 is 16.6 Å². The number of phenolic OH excluding ortho intramolecular Hbond substituents is 1. The van der Waals surface area contributed by atoms with E-state index in [9.17, 15) is 24.6 Å². The van der Waals surface area contributed by atoms with Crippen LogP contribution in [0.1, 0.15) is 73.4 Å². The zero-order valence-electron chi connectivity index (χ0n) is 35.9. The van der Waals surface area contributed by atoms with Gasteiger partial charge < -0.3 is 39.0 Å². The van der Waals surface area contributed by atoms with Crippen LogP contribution in [-0.2, 0) is 39.9 Å². The number of aliphatic hydroxyl groups is 1. The van der Waals surface area contributed by atoms with Crippen LogP contribution in [0.3, 0.4) is 0 Å². The van der Waals surface area contributed by atoms with Crippen LogP contribution in [-0.4, -0.2) is 76.8 Å². The molecule has 0 bridgehead atoms. The number of rotatable bonds is 17. The SMILES string of the molecule is CN(CCn1c(=O)oc2cc(CNC[C@H](O[Si](C)(C)C(C)(C)C)c3ccc(O)c4[nH]c(=O)ccc34)ccc21)[C@H]1CC[C@H](OC(=O)C(O)(Cc2cccs2)Cc2cccs2)CC1. The maximum absolute atomic E-state index is 13.5. The molecule has 1 aliphatic carbocycles. The Morgan fingerprint density at radius 3 is 2.33 bits per heavy atom. The van der Waals surface area contributed by atoms with Gasteiger partial charge in [0.15, 0.2) is 19.5 Å². The number of fused-ring (bicyclic) bond motifs is 2. The molecular weight excluding hydrogens is 829 g/mol. The van der Waals surface area contributed by atoms with Gasteiger partial charge in [0, 0.05) is 66.3 Å². The van der Waals surface area contributed by atoms with Crippen molar-refractivity contribution in [2.24, 2.45) is 0 Å². The third-order valence-electron chi connectivity index (χ3n) is 12.6. The number of ether oxygens (including phenoxy) is 1. The summed E-state index contributed by atoms with van der Waals surface area (Å²) in [5.41, 5.74) is 1.55. The molecule has 1 fully saturated rings. The number of esters is 1. The number of aromatic amines is 1. The zero-order valence-corrected chi connectivity index (χ0v) is 38.5. The maximum Gasteiger partial charge on any atom is 0.419 e. The van der Waals surface area contributed by atoms with E-state index in [4.69, 9.17) is 13.6 Å². The molecule has 6 aromatic rings. The zero-order chi connectivity index (χ0) is 43.5. The molecule has 2 aromatic carbocycles. The average Bonchev–Trinajstić information content (AvgIpc) is 3.99. The molecule has 0 spiro atoms. The summed E-state index contributed by atoms with van der Waals surface area (Å²) < 4.78 is 20.4. The first-order valence-electron chi connectivity index (χ1n) is 21.0. The molecule has 15 heteroatoms. The van der Waals surface area contributed by atoms with E-state index >= 15 is 0 Å². The standard InChI is InChI=1S/C46H58N4O8S2Si/c1-45(2,3)61(5,6)58-40(35-16-19-38(51)42-36(35)17-20-41(52)48-42)29-47-28-30-11-18-37-39(25-30)57-44(54)50(37)22-21-49(4)31-12-14-32(15-13-31)56-43(53)46(55,26-33-9-7-23-59-33)27-34-10-8-24-60-34/h7-11,16-20,23-25,31-32,40,47,51,55H,12-15,21-22,26-29H2,1-6H3,(H,48,52)/t31-,32-,40-/m0/s1. The summed E-state index contributed by atoms with van der Waals surface area (Å²) in [6.45, 7) is 13.1. The fraction of sp³-hybridized carbons (Fsp3) is 0.457. The van der Waals surface area contributed by atoms with Crippen LogP contribution in [0, 0.1) is 0 Å². The van der Waals surface area contributed by atoms with Crippen molar-refractivity contribution >= 4 is 59.0 Å². The highest BCUT2D eigenvalue weighted by Gasteiger charge is 2.41. The highest BCUT2D eigenvalue weighted by molar-refractivity contribution is 7.10. The van der Waals surface area contributed by atoms with Crippen LogP contribution in [0.15, 0.2) is 91.5 Å². The van der Waals surface area contributed by atoms with E-state index in [2.05, 4.69) is 56.1 Å². The lowest BCUT2D eigenvalue weighted by molar-refractivity contribution is -0.173. The molecule has 4 N–H and O–H groups in total. The first kappa shape index (κ1) is 44.7. The summed E-state index contributed by atoms with van der Waals surface area (Å²) in [6, 6.07) is 20.5. The van der Waals surface area contributed by atoms with Crippen molar-refractivity contribution in [3.8, 4) is 5.75 Å². The van der Waals surface area contributed by atoms with Crippen LogP contribution in [0.5, 0.6) is 5.75 Å². The van der Waals surface area contributed by atoms with Gasteiger partial charge in [-0.05, 0) is 109 Å². The van der Waals surface area contributed by atoms with Crippen LogP contribution in [0.2, 0.25) is 18.1 Å². The molecule has 4 heterocycles. The predicted octanol–water partition coefficient (Wildman–Crippen LogP) is 8.12. The van der Waals surface area contributed by atoms with Crippen molar-refractivity contribution in [2.75, 3.05) is 20.1 Å². The van der Waals surface area contributed by atoms with Crippen molar-refractivity contribution in [2.45, 2.75) is 114 Å². The summed E-state index contributed by atoms with van der Waals surface area (Å²) in [5.74, 6) is -0.951. The van der Waals surface area contributed by atoms with Crippen molar-refractivity contribution < 1.29 is 28.6 Å². The minimum atomic E-state index is -2.25. The number of benzene rings is 2. The second kappa shape index (κ2) is 18.6. The lowest BCUT2D eigenvalue weighted by Crippen LogP contribution is -2.46. The Hall–Kier alpha value is -4.35. The second-order valence-corrected chi connectivity index (χ2v) is 24.8. The third-order valence-corrected chi connectivity index (χ3v) is 18.8. The Morgan fingerprint density at radius 1 is 1.00 bits per heavy atom. The smallest absolute Gasteiger partial charge is 0.419 e. The van der Waals surface area contributed by atoms with Gasteiger partial charge >= 0.3 is 11.7 Å².